The molecule has 2 aromatic rings. The van der Waals surface area contributed by atoms with Crippen molar-refractivity contribution in [2.75, 3.05) is 4.90 Å². The Morgan fingerprint density at radius 2 is 1.48 bits per heavy atom. The van der Waals surface area contributed by atoms with Crippen molar-refractivity contribution < 1.29 is 36.4 Å². The molecule has 2 rings (SSSR count). The SMILES string of the molecule is CC(C)(C)OC(=O)N(Cc1ccc(F)cc1)c1c(F)c(F)c([N+](=O)[O-])c(F)c1F. The van der Waals surface area contributed by atoms with Gasteiger partial charge in [0, 0.05) is 0 Å². The fourth-order valence-corrected chi connectivity index (χ4v) is 2.33. The minimum absolute atomic E-state index is 0.134. The first kappa shape index (κ1) is 22.1. The second-order valence-electron chi connectivity index (χ2n) is 6.90. The van der Waals surface area contributed by atoms with E-state index in [9.17, 15) is 36.9 Å². The van der Waals surface area contributed by atoms with Crippen molar-refractivity contribution >= 4 is 17.5 Å². The first-order chi connectivity index (χ1) is 13.3. The first-order valence-corrected chi connectivity index (χ1v) is 8.08. The molecule has 1 amide bonds. The largest absolute Gasteiger partial charge is 0.443 e. The minimum atomic E-state index is -2.28. The van der Waals surface area contributed by atoms with Crippen molar-refractivity contribution in [2.24, 2.45) is 0 Å². The summed E-state index contributed by atoms with van der Waals surface area (Å²) in [7, 11) is 0. The van der Waals surface area contributed by atoms with Crippen LogP contribution in [0, 0.1) is 39.2 Å². The number of hydrogen-bond donors (Lipinski definition) is 0. The summed E-state index contributed by atoms with van der Waals surface area (Å²) in [5, 5.41) is 10.7. The van der Waals surface area contributed by atoms with E-state index in [1.165, 1.54) is 32.9 Å². The number of ether oxygens (including phenoxy) is 1. The predicted octanol–water partition coefficient (Wildman–Crippen LogP) is 5.23. The maximum absolute atomic E-state index is 14.5. The van der Waals surface area contributed by atoms with E-state index in [-0.39, 0.29) is 10.5 Å². The van der Waals surface area contributed by atoms with Crippen LogP contribution in [-0.4, -0.2) is 16.6 Å². The Labute approximate surface area is 161 Å². The Morgan fingerprint density at radius 3 is 1.90 bits per heavy atom. The molecular formula is C18H15F5N2O4. The number of amides is 1. The fraction of sp³-hybridized carbons (Fsp3) is 0.278. The molecule has 0 saturated heterocycles. The van der Waals surface area contributed by atoms with Gasteiger partial charge >= 0.3 is 11.8 Å². The number of nitrogens with zero attached hydrogens (tertiary/aromatic N) is 2. The lowest BCUT2D eigenvalue weighted by Crippen LogP contribution is -2.38. The van der Waals surface area contributed by atoms with Crippen LogP contribution in [0.25, 0.3) is 0 Å². The highest BCUT2D eigenvalue weighted by Crippen LogP contribution is 2.36. The molecule has 11 heteroatoms. The van der Waals surface area contributed by atoms with Crippen molar-refractivity contribution in [3.8, 4) is 0 Å². The van der Waals surface area contributed by atoms with E-state index in [1.54, 1.807) is 0 Å². The summed E-state index contributed by atoms with van der Waals surface area (Å²) in [6.07, 6.45) is -1.38. The van der Waals surface area contributed by atoms with Gasteiger partial charge in [-0.2, -0.15) is 8.78 Å². The average Bonchev–Trinajstić information content (AvgIpc) is 2.59. The molecule has 0 aliphatic carbocycles. The topological polar surface area (TPSA) is 72.7 Å². The number of nitro groups is 1. The number of halogens is 5. The molecule has 0 spiro atoms. The van der Waals surface area contributed by atoms with Crippen molar-refractivity contribution in [2.45, 2.75) is 32.9 Å². The molecule has 0 heterocycles. The van der Waals surface area contributed by atoms with Gasteiger partial charge in [-0.1, -0.05) is 12.1 Å². The smallest absolute Gasteiger partial charge is 0.415 e. The molecule has 156 valence electrons. The predicted molar refractivity (Wildman–Crippen MR) is 91.7 cm³/mol. The van der Waals surface area contributed by atoms with Crippen LogP contribution in [0.4, 0.5) is 38.1 Å². The van der Waals surface area contributed by atoms with Crippen LogP contribution in [0.3, 0.4) is 0 Å². The normalized spacial score (nSPS) is 11.3. The van der Waals surface area contributed by atoms with Gasteiger partial charge in [-0.3, -0.25) is 15.0 Å². The lowest BCUT2D eigenvalue weighted by Gasteiger charge is -2.28. The highest BCUT2D eigenvalue weighted by Gasteiger charge is 2.38. The van der Waals surface area contributed by atoms with Gasteiger partial charge < -0.3 is 4.74 Å². The van der Waals surface area contributed by atoms with E-state index < -0.39 is 63.6 Å². The van der Waals surface area contributed by atoms with Gasteiger partial charge in [-0.05, 0) is 38.5 Å². The van der Waals surface area contributed by atoms with Crippen molar-refractivity contribution in [1.82, 2.24) is 0 Å². The van der Waals surface area contributed by atoms with E-state index in [0.717, 1.165) is 12.1 Å². The molecule has 0 aliphatic heterocycles. The quantitative estimate of drug-likeness (QED) is 0.295. The second-order valence-corrected chi connectivity index (χ2v) is 6.90. The maximum Gasteiger partial charge on any atom is 0.415 e. The number of nitro benzene ring substituents is 1. The molecule has 0 aliphatic rings. The number of carbonyl (C=O) groups excluding carboxylic acids is 1. The zero-order valence-electron chi connectivity index (χ0n) is 15.4. The van der Waals surface area contributed by atoms with E-state index >= 15 is 0 Å². The fourth-order valence-electron chi connectivity index (χ4n) is 2.33. The van der Waals surface area contributed by atoms with Gasteiger partial charge in [-0.25, -0.2) is 18.0 Å². The monoisotopic (exact) mass is 418 g/mol. The summed E-state index contributed by atoms with van der Waals surface area (Å²) in [4.78, 5) is 21.8. The lowest BCUT2D eigenvalue weighted by atomic mass is 10.1. The van der Waals surface area contributed by atoms with Gasteiger partial charge in [0.1, 0.15) is 17.1 Å². The molecular weight excluding hydrogens is 403 g/mol. The number of anilines is 1. The van der Waals surface area contributed by atoms with Crippen LogP contribution in [0.2, 0.25) is 0 Å². The van der Waals surface area contributed by atoms with E-state index in [2.05, 4.69) is 0 Å². The zero-order chi connectivity index (χ0) is 22.1. The van der Waals surface area contributed by atoms with Crippen LogP contribution < -0.4 is 4.90 Å². The first-order valence-electron chi connectivity index (χ1n) is 8.08. The molecule has 29 heavy (non-hydrogen) atoms. The van der Waals surface area contributed by atoms with E-state index in [1.807, 2.05) is 0 Å². The highest BCUT2D eigenvalue weighted by atomic mass is 19.2. The Morgan fingerprint density at radius 1 is 1.00 bits per heavy atom. The summed E-state index contributed by atoms with van der Waals surface area (Å²) >= 11 is 0. The second kappa shape index (κ2) is 8.02. The Balaban J connectivity index is 2.66. The Hall–Kier alpha value is -3.24. The molecule has 0 aromatic heterocycles. The Bertz CT molecular complexity index is 929. The maximum atomic E-state index is 14.5. The molecule has 0 radical (unpaired) electrons. The summed E-state index contributed by atoms with van der Waals surface area (Å²) in [6, 6.07) is 4.32. The third-order valence-corrected chi connectivity index (χ3v) is 3.54. The third kappa shape index (κ3) is 4.79. The number of rotatable bonds is 4. The lowest BCUT2D eigenvalue weighted by molar-refractivity contribution is -0.390. The van der Waals surface area contributed by atoms with Crippen molar-refractivity contribution in [3.63, 3.8) is 0 Å². The molecule has 0 unspecified atom stereocenters. The standard InChI is InChI=1S/C18H15F5N2O4/c1-18(2,3)29-17(26)24(8-9-4-6-10(19)7-5-9)15-11(20)13(22)16(25(27)28)14(23)12(15)21/h4-7H,8H2,1-3H3. The van der Waals surface area contributed by atoms with Gasteiger partial charge in [0.15, 0.2) is 11.6 Å². The number of carbonyl (C=O) groups is 1. The van der Waals surface area contributed by atoms with Crippen molar-refractivity contribution in [3.05, 3.63) is 69.0 Å². The molecule has 0 atom stereocenters. The van der Waals surface area contributed by atoms with Gasteiger partial charge in [0.25, 0.3) is 0 Å². The van der Waals surface area contributed by atoms with Crippen LogP contribution in [0.15, 0.2) is 24.3 Å². The molecule has 0 saturated carbocycles. The molecule has 2 aromatic carbocycles. The van der Waals surface area contributed by atoms with Gasteiger partial charge in [-0.15, -0.1) is 0 Å². The highest BCUT2D eigenvalue weighted by molar-refractivity contribution is 5.88. The van der Waals surface area contributed by atoms with Crippen LogP contribution >= 0.6 is 0 Å². The zero-order valence-corrected chi connectivity index (χ0v) is 15.4. The number of hydrogen-bond acceptors (Lipinski definition) is 4. The third-order valence-electron chi connectivity index (χ3n) is 3.54. The van der Waals surface area contributed by atoms with Crippen molar-refractivity contribution in [1.29, 1.82) is 0 Å². The summed E-state index contributed by atoms with van der Waals surface area (Å²) in [6.45, 7) is 3.64. The van der Waals surface area contributed by atoms with E-state index in [0.29, 0.717) is 0 Å². The number of benzene rings is 2. The summed E-state index contributed by atoms with van der Waals surface area (Å²) in [5.74, 6) is -9.50. The van der Waals surface area contributed by atoms with Gasteiger partial charge in [0.2, 0.25) is 11.6 Å². The van der Waals surface area contributed by atoms with E-state index in [4.69, 9.17) is 4.74 Å². The van der Waals surface area contributed by atoms with Crippen LogP contribution in [0.5, 0.6) is 0 Å². The minimum Gasteiger partial charge on any atom is -0.443 e. The molecule has 6 nitrogen and oxygen atoms in total. The molecule has 0 N–H and O–H groups in total. The Kier molecular flexibility index (Phi) is 6.10. The average molecular weight is 418 g/mol. The van der Waals surface area contributed by atoms with Crippen LogP contribution in [-0.2, 0) is 11.3 Å². The van der Waals surface area contributed by atoms with Gasteiger partial charge in [0.05, 0.1) is 11.5 Å². The molecule has 0 fully saturated rings. The summed E-state index contributed by atoms with van der Waals surface area (Å²) in [5.41, 5.74) is -4.56. The van der Waals surface area contributed by atoms with Crippen LogP contribution in [0.1, 0.15) is 26.3 Å². The summed E-state index contributed by atoms with van der Waals surface area (Å²) < 4.78 is 75.2. The molecule has 0 bridgehead atoms.